The fraction of sp³-hybridized carbons (Fsp3) is 0.381. The third-order valence-electron chi connectivity index (χ3n) is 5.56. The number of hydrogen-bond acceptors (Lipinski definition) is 3. The molecule has 0 amide bonds. The highest BCUT2D eigenvalue weighted by molar-refractivity contribution is 7.99. The first-order chi connectivity index (χ1) is 12.1. The topological polar surface area (TPSA) is 21.1 Å². The lowest BCUT2D eigenvalue weighted by atomic mass is 10.0. The van der Waals surface area contributed by atoms with Gasteiger partial charge in [-0.05, 0) is 61.9 Å². The van der Waals surface area contributed by atoms with Gasteiger partial charge in [-0.25, -0.2) is 0 Å². The predicted molar refractivity (Wildman–Crippen MR) is 104 cm³/mol. The molecule has 3 aromatic rings. The summed E-state index contributed by atoms with van der Waals surface area (Å²) in [6.07, 6.45) is 3.11. The maximum Gasteiger partial charge on any atom is 0.0624 e. The largest absolute Gasteiger partial charge is 0.342 e. The number of likely N-dealkylation sites (N-methyl/N-ethyl adjacent to an activating group) is 1. The van der Waals surface area contributed by atoms with Crippen molar-refractivity contribution < 1.29 is 0 Å². The van der Waals surface area contributed by atoms with E-state index in [4.69, 9.17) is 0 Å². The van der Waals surface area contributed by atoms with Crippen LogP contribution in [0.4, 0.5) is 0 Å². The molecule has 4 heteroatoms. The van der Waals surface area contributed by atoms with Gasteiger partial charge in [0.05, 0.1) is 10.8 Å². The van der Waals surface area contributed by atoms with E-state index in [2.05, 4.69) is 59.6 Å². The van der Waals surface area contributed by atoms with Gasteiger partial charge < -0.3 is 9.47 Å². The number of pyridine rings is 1. The molecule has 2 aromatic heterocycles. The highest BCUT2D eigenvalue weighted by atomic mass is 32.2. The average molecular weight is 350 g/mol. The molecule has 1 unspecified atom stereocenters. The molecule has 0 radical (unpaired) electrons. The highest BCUT2D eigenvalue weighted by Crippen LogP contribution is 2.47. The van der Waals surface area contributed by atoms with E-state index < -0.39 is 0 Å². The van der Waals surface area contributed by atoms with Gasteiger partial charge in [0, 0.05) is 53.9 Å². The van der Waals surface area contributed by atoms with Crippen LogP contribution in [0.15, 0.2) is 35.4 Å². The molecule has 1 atom stereocenters. The van der Waals surface area contributed by atoms with E-state index in [0.29, 0.717) is 5.25 Å². The van der Waals surface area contributed by atoms with Gasteiger partial charge in [-0.2, -0.15) is 0 Å². The fourth-order valence-electron chi connectivity index (χ4n) is 4.40. The lowest BCUT2D eigenvalue weighted by Crippen LogP contribution is -2.27. The van der Waals surface area contributed by atoms with Crippen molar-refractivity contribution in [2.45, 2.75) is 43.5 Å². The Bertz CT molecular complexity index is 988. The fourth-order valence-corrected chi connectivity index (χ4v) is 5.80. The van der Waals surface area contributed by atoms with Crippen LogP contribution in [-0.2, 0) is 19.5 Å². The van der Waals surface area contributed by atoms with Crippen LogP contribution in [0.2, 0.25) is 0 Å². The van der Waals surface area contributed by atoms with Crippen LogP contribution in [-0.4, -0.2) is 28.0 Å². The summed E-state index contributed by atoms with van der Waals surface area (Å²) in [5.74, 6) is 0. The van der Waals surface area contributed by atoms with Crippen LogP contribution in [0.25, 0.3) is 10.9 Å². The second kappa shape index (κ2) is 5.61. The van der Waals surface area contributed by atoms with Crippen molar-refractivity contribution in [3.63, 3.8) is 0 Å². The summed E-state index contributed by atoms with van der Waals surface area (Å²) < 4.78 is 2.63. The molecule has 2 aliphatic rings. The van der Waals surface area contributed by atoms with Crippen LogP contribution in [0, 0.1) is 13.8 Å². The van der Waals surface area contributed by atoms with Crippen molar-refractivity contribution in [2.75, 3.05) is 13.6 Å². The first-order valence-electron chi connectivity index (χ1n) is 9.02. The zero-order valence-electron chi connectivity index (χ0n) is 15.0. The summed E-state index contributed by atoms with van der Waals surface area (Å²) in [4.78, 5) is 8.27. The molecule has 2 aliphatic heterocycles. The normalized spacial score (nSPS) is 20.0. The second-order valence-electron chi connectivity index (χ2n) is 7.52. The summed E-state index contributed by atoms with van der Waals surface area (Å²) in [6, 6.07) is 9.20. The Morgan fingerprint density at radius 1 is 1.20 bits per heavy atom. The van der Waals surface area contributed by atoms with E-state index in [-0.39, 0.29) is 0 Å². The molecule has 0 saturated carbocycles. The Hall–Kier alpha value is -1.78. The van der Waals surface area contributed by atoms with Gasteiger partial charge in [0.25, 0.3) is 0 Å². The van der Waals surface area contributed by atoms with Crippen molar-refractivity contribution >= 4 is 22.7 Å². The molecule has 25 heavy (non-hydrogen) atoms. The predicted octanol–water partition coefficient (Wildman–Crippen LogP) is 4.49. The van der Waals surface area contributed by atoms with Gasteiger partial charge in [-0.1, -0.05) is 0 Å². The monoisotopic (exact) mass is 349 g/mol. The molecule has 0 saturated heterocycles. The molecule has 0 aliphatic carbocycles. The number of nitrogens with zero attached hydrogens (tertiary/aromatic N) is 3. The lowest BCUT2D eigenvalue weighted by Gasteiger charge is -2.28. The molecule has 128 valence electrons. The number of hydrogen-bond donors (Lipinski definition) is 0. The minimum atomic E-state index is 0.468. The molecule has 1 aromatic carbocycles. The third-order valence-corrected chi connectivity index (χ3v) is 6.83. The average Bonchev–Trinajstić information content (AvgIpc) is 2.89. The summed E-state index contributed by atoms with van der Waals surface area (Å²) in [5, 5.41) is 1.95. The zero-order chi connectivity index (χ0) is 17.1. The molecule has 0 fully saturated rings. The van der Waals surface area contributed by atoms with Gasteiger partial charge in [0.2, 0.25) is 0 Å². The summed E-state index contributed by atoms with van der Waals surface area (Å²) in [6.45, 7) is 7.61. The molecule has 0 N–H and O–H groups in total. The van der Waals surface area contributed by atoms with E-state index in [0.717, 1.165) is 31.7 Å². The highest BCUT2D eigenvalue weighted by Gasteiger charge is 2.30. The van der Waals surface area contributed by atoms with Crippen molar-refractivity contribution in [1.82, 2.24) is 14.5 Å². The maximum absolute atomic E-state index is 4.38. The minimum Gasteiger partial charge on any atom is -0.342 e. The lowest BCUT2D eigenvalue weighted by molar-refractivity contribution is 0.309. The molecule has 0 spiro atoms. The number of aryl methyl sites for hydroxylation is 2. The van der Waals surface area contributed by atoms with Crippen LogP contribution in [0.5, 0.6) is 0 Å². The first-order valence-corrected chi connectivity index (χ1v) is 9.90. The summed E-state index contributed by atoms with van der Waals surface area (Å²) in [7, 11) is 2.24. The van der Waals surface area contributed by atoms with E-state index in [1.54, 1.807) is 11.3 Å². The minimum absolute atomic E-state index is 0.468. The molecule has 0 bridgehead atoms. The Kier molecular flexibility index (Phi) is 3.47. The Labute approximate surface area is 153 Å². The number of fused-ring (bicyclic) bond motifs is 3. The van der Waals surface area contributed by atoms with E-state index in [9.17, 15) is 0 Å². The van der Waals surface area contributed by atoms with Crippen molar-refractivity contribution in [2.24, 2.45) is 0 Å². The number of benzene rings is 1. The molecule has 5 rings (SSSR count). The molecule has 3 nitrogen and oxygen atoms in total. The Balaban J connectivity index is 1.70. The number of rotatable bonds is 1. The SMILES string of the molecule is Cc1cc2c3c(c1)c1c(n3CC(c3ccnc(C)c3)S2)CCN(C)C1. The number of aromatic nitrogens is 2. The van der Waals surface area contributed by atoms with Gasteiger partial charge in [0.15, 0.2) is 0 Å². The molecule has 4 heterocycles. The van der Waals surface area contributed by atoms with Crippen molar-refractivity contribution in [3.05, 3.63) is 58.5 Å². The third kappa shape index (κ3) is 2.42. The van der Waals surface area contributed by atoms with Crippen LogP contribution >= 0.6 is 11.8 Å². The van der Waals surface area contributed by atoms with Gasteiger partial charge >= 0.3 is 0 Å². The smallest absolute Gasteiger partial charge is 0.0624 e. The Morgan fingerprint density at radius 3 is 2.92 bits per heavy atom. The van der Waals surface area contributed by atoms with E-state index >= 15 is 0 Å². The van der Waals surface area contributed by atoms with Crippen LogP contribution in [0.1, 0.15) is 33.3 Å². The second-order valence-corrected chi connectivity index (χ2v) is 8.76. The molecular formula is C21H23N3S. The quantitative estimate of drug-likeness (QED) is 0.646. The summed E-state index contributed by atoms with van der Waals surface area (Å²) in [5.41, 5.74) is 8.46. The molecular weight excluding hydrogens is 326 g/mol. The summed E-state index contributed by atoms with van der Waals surface area (Å²) >= 11 is 2.03. The maximum atomic E-state index is 4.38. The zero-order valence-corrected chi connectivity index (χ0v) is 15.9. The van der Waals surface area contributed by atoms with E-state index in [1.165, 1.54) is 26.9 Å². The number of thioether (sulfide) groups is 1. The van der Waals surface area contributed by atoms with Gasteiger partial charge in [-0.3, -0.25) is 4.98 Å². The Morgan fingerprint density at radius 2 is 2.08 bits per heavy atom. The standard InChI is InChI=1S/C21H23N3S/c1-13-8-16-17-11-23(3)7-5-18(17)24-12-20(25-19(9-13)21(16)24)15-4-6-22-14(2)10-15/h4,6,8-10,20H,5,7,11-12H2,1-3H3. The van der Waals surface area contributed by atoms with Gasteiger partial charge in [-0.15, -0.1) is 11.8 Å². The van der Waals surface area contributed by atoms with Crippen LogP contribution in [0.3, 0.4) is 0 Å². The first kappa shape index (κ1) is 15.5. The van der Waals surface area contributed by atoms with Gasteiger partial charge in [0.1, 0.15) is 0 Å². The van der Waals surface area contributed by atoms with Crippen molar-refractivity contribution in [1.29, 1.82) is 0 Å². The van der Waals surface area contributed by atoms with Crippen LogP contribution < -0.4 is 0 Å². The van der Waals surface area contributed by atoms with Crippen molar-refractivity contribution in [3.8, 4) is 0 Å². The van der Waals surface area contributed by atoms with E-state index in [1.807, 2.05) is 18.0 Å².